The van der Waals surface area contributed by atoms with Gasteiger partial charge < -0.3 is 24.6 Å². The van der Waals surface area contributed by atoms with Crippen molar-refractivity contribution in [3.8, 4) is 0 Å². The van der Waals surface area contributed by atoms with E-state index in [4.69, 9.17) is 19.1 Å². The average molecular weight is 747 g/mol. The fourth-order valence-corrected chi connectivity index (χ4v) is 6.22. The van der Waals surface area contributed by atoms with Gasteiger partial charge in [0.1, 0.15) is 12.7 Å². The summed E-state index contributed by atoms with van der Waals surface area (Å²) in [6.45, 7) is 2.34. The van der Waals surface area contributed by atoms with Crippen LogP contribution < -0.4 is 0 Å². The lowest BCUT2D eigenvalue weighted by atomic mass is 10.0. The molecule has 0 aromatic heterocycles. The Kier molecular flexibility index (Phi) is 35.7. The van der Waals surface area contributed by atoms with Crippen molar-refractivity contribution in [2.75, 3.05) is 26.4 Å². The minimum Gasteiger partial charge on any atom is -0.462 e. The van der Waals surface area contributed by atoms with Crippen molar-refractivity contribution in [1.82, 2.24) is 0 Å². The third-order valence-electron chi connectivity index (χ3n) is 8.61. The van der Waals surface area contributed by atoms with Gasteiger partial charge in [0, 0.05) is 12.8 Å². The van der Waals surface area contributed by atoms with Crippen molar-refractivity contribution in [2.45, 2.75) is 193 Å². The number of ether oxygens (including phenoxy) is 2. The molecule has 0 fully saturated rings. The molecular weight excluding hydrogens is 671 g/mol. The molecule has 0 aromatic rings. The zero-order valence-corrected chi connectivity index (χ0v) is 33.2. The Morgan fingerprint density at radius 3 is 1.55 bits per heavy atom. The van der Waals surface area contributed by atoms with E-state index in [1.165, 1.54) is 77.0 Å². The fraction of sp³-hybridized carbons (Fsp3) is 0.850. The van der Waals surface area contributed by atoms with Crippen LogP contribution in [0, 0.1) is 0 Å². The van der Waals surface area contributed by atoms with Crippen molar-refractivity contribution in [3.63, 3.8) is 0 Å². The SMILES string of the molecule is CCCCC/C=C\C/C=C\CCCCCCCC(=O)O[C@H](COC(=O)CCCCCCCCCCCCCCC)COP(=O)(O)OC[C@@H](O)CO. The fourth-order valence-electron chi connectivity index (χ4n) is 5.43. The number of esters is 2. The molecule has 0 aliphatic carbocycles. The summed E-state index contributed by atoms with van der Waals surface area (Å²) in [7, 11) is -4.61. The second-order valence-corrected chi connectivity index (χ2v) is 15.1. The van der Waals surface area contributed by atoms with Crippen LogP contribution in [0.4, 0.5) is 0 Å². The molecule has 0 bridgehead atoms. The van der Waals surface area contributed by atoms with Crippen LogP contribution in [0.5, 0.6) is 0 Å². The summed E-state index contributed by atoms with van der Waals surface area (Å²) < 4.78 is 32.6. The predicted octanol–water partition coefficient (Wildman–Crippen LogP) is 10.2. The molecule has 0 saturated heterocycles. The highest BCUT2D eigenvalue weighted by molar-refractivity contribution is 7.47. The van der Waals surface area contributed by atoms with Crippen LogP contribution >= 0.6 is 7.82 Å². The minimum atomic E-state index is -4.61. The Labute approximate surface area is 310 Å². The van der Waals surface area contributed by atoms with Crippen LogP contribution in [0.2, 0.25) is 0 Å². The van der Waals surface area contributed by atoms with E-state index in [1.54, 1.807) is 0 Å². The lowest BCUT2D eigenvalue weighted by Gasteiger charge is -2.20. The number of rotatable bonds is 38. The largest absolute Gasteiger partial charge is 0.472 e. The van der Waals surface area contributed by atoms with Gasteiger partial charge in [-0.15, -0.1) is 0 Å². The highest BCUT2D eigenvalue weighted by Gasteiger charge is 2.27. The molecule has 0 aromatic carbocycles. The van der Waals surface area contributed by atoms with Crippen LogP contribution in [0.25, 0.3) is 0 Å². The summed E-state index contributed by atoms with van der Waals surface area (Å²) in [5, 5.41) is 18.3. The summed E-state index contributed by atoms with van der Waals surface area (Å²) in [6.07, 6.45) is 34.2. The van der Waals surface area contributed by atoms with Gasteiger partial charge in [0.25, 0.3) is 0 Å². The van der Waals surface area contributed by atoms with Crippen LogP contribution in [0.1, 0.15) is 181 Å². The number of hydrogen-bond acceptors (Lipinski definition) is 9. The van der Waals surface area contributed by atoms with Crippen molar-refractivity contribution >= 4 is 19.8 Å². The van der Waals surface area contributed by atoms with Crippen molar-refractivity contribution in [1.29, 1.82) is 0 Å². The number of phosphoric acid groups is 1. The van der Waals surface area contributed by atoms with Gasteiger partial charge in [-0.3, -0.25) is 18.6 Å². The molecule has 3 N–H and O–H groups in total. The zero-order valence-electron chi connectivity index (χ0n) is 32.3. The second kappa shape index (κ2) is 36.8. The Bertz CT molecular complexity index is 910. The van der Waals surface area contributed by atoms with Crippen molar-refractivity contribution in [3.05, 3.63) is 24.3 Å². The first kappa shape index (κ1) is 49.5. The van der Waals surface area contributed by atoms with E-state index in [9.17, 15) is 24.2 Å². The lowest BCUT2D eigenvalue weighted by molar-refractivity contribution is -0.161. The zero-order chi connectivity index (χ0) is 37.7. The number of allylic oxidation sites excluding steroid dienone is 4. The van der Waals surface area contributed by atoms with E-state index in [-0.39, 0.29) is 19.4 Å². The summed E-state index contributed by atoms with van der Waals surface area (Å²) in [5.41, 5.74) is 0. The normalized spacial score (nSPS) is 14.2. The summed E-state index contributed by atoms with van der Waals surface area (Å²) in [4.78, 5) is 34.9. The smallest absolute Gasteiger partial charge is 0.462 e. The molecule has 10 nitrogen and oxygen atoms in total. The number of aliphatic hydroxyl groups excluding tert-OH is 2. The maximum atomic E-state index is 12.6. The van der Waals surface area contributed by atoms with E-state index in [0.717, 1.165) is 64.2 Å². The molecule has 1 unspecified atom stereocenters. The average Bonchev–Trinajstić information content (AvgIpc) is 3.12. The summed E-state index contributed by atoms with van der Waals surface area (Å²) in [6, 6.07) is 0. The van der Waals surface area contributed by atoms with Gasteiger partial charge in [-0.05, 0) is 44.9 Å². The number of phosphoric ester groups is 1. The highest BCUT2D eigenvalue weighted by atomic mass is 31.2. The quantitative estimate of drug-likeness (QED) is 0.0241. The van der Waals surface area contributed by atoms with E-state index in [0.29, 0.717) is 12.8 Å². The van der Waals surface area contributed by atoms with Crippen molar-refractivity contribution in [2.24, 2.45) is 0 Å². The molecule has 0 heterocycles. The topological polar surface area (TPSA) is 149 Å². The Hall–Kier alpha value is -1.55. The standard InChI is InChI=1S/C40H75O10P/c1-3-5-7-9-11-13-15-17-18-20-22-24-26-28-30-32-40(44)50-38(36-49-51(45,46)48-34-37(42)33-41)35-47-39(43)31-29-27-25-23-21-19-16-14-12-10-8-6-4-2/h11,13,17-18,37-38,41-42H,3-10,12,14-16,19-36H2,1-2H3,(H,45,46)/b13-11-,18-17-/t37-,38+/m0/s1. The maximum Gasteiger partial charge on any atom is 0.472 e. The van der Waals surface area contributed by atoms with Crippen molar-refractivity contribution < 1.29 is 47.8 Å². The number of carbonyl (C=O) groups excluding carboxylic acids is 2. The summed E-state index contributed by atoms with van der Waals surface area (Å²) >= 11 is 0. The predicted molar refractivity (Wildman–Crippen MR) is 205 cm³/mol. The van der Waals surface area contributed by atoms with Gasteiger partial charge >= 0.3 is 19.8 Å². The van der Waals surface area contributed by atoms with E-state index >= 15 is 0 Å². The van der Waals surface area contributed by atoms with Gasteiger partial charge in [0.05, 0.1) is 19.8 Å². The van der Waals surface area contributed by atoms with Crippen LogP contribution in [-0.2, 0) is 32.7 Å². The third kappa shape index (κ3) is 36.6. The molecule has 0 rings (SSSR count). The minimum absolute atomic E-state index is 0.171. The molecule has 0 saturated carbocycles. The molecule has 0 spiro atoms. The first-order valence-corrected chi connectivity index (χ1v) is 21.8. The van der Waals surface area contributed by atoms with Crippen LogP contribution in [-0.4, -0.2) is 65.7 Å². The first-order chi connectivity index (χ1) is 24.7. The number of unbranched alkanes of at least 4 members (excludes halogenated alkanes) is 20. The second-order valence-electron chi connectivity index (χ2n) is 13.7. The Morgan fingerprint density at radius 2 is 1.02 bits per heavy atom. The van der Waals surface area contributed by atoms with Gasteiger partial charge in [0.2, 0.25) is 0 Å². The van der Waals surface area contributed by atoms with E-state index in [2.05, 4.69) is 42.7 Å². The molecule has 0 amide bonds. The maximum absolute atomic E-state index is 12.6. The highest BCUT2D eigenvalue weighted by Crippen LogP contribution is 2.43. The van der Waals surface area contributed by atoms with Crippen LogP contribution in [0.3, 0.4) is 0 Å². The lowest BCUT2D eigenvalue weighted by Crippen LogP contribution is -2.29. The molecule has 51 heavy (non-hydrogen) atoms. The molecular formula is C40H75O10P. The number of hydrogen-bond donors (Lipinski definition) is 3. The Morgan fingerprint density at radius 1 is 0.588 bits per heavy atom. The molecule has 300 valence electrons. The first-order valence-electron chi connectivity index (χ1n) is 20.3. The number of aliphatic hydroxyl groups is 2. The molecule has 0 aliphatic rings. The molecule has 0 aliphatic heterocycles. The van der Waals surface area contributed by atoms with Gasteiger partial charge in [-0.1, -0.05) is 147 Å². The number of carbonyl (C=O) groups is 2. The monoisotopic (exact) mass is 747 g/mol. The Balaban J connectivity index is 4.35. The summed E-state index contributed by atoms with van der Waals surface area (Å²) in [5.74, 6) is -0.937. The third-order valence-corrected chi connectivity index (χ3v) is 9.56. The van der Waals surface area contributed by atoms with Gasteiger partial charge in [0.15, 0.2) is 6.10 Å². The molecule has 0 radical (unpaired) electrons. The van der Waals surface area contributed by atoms with Gasteiger partial charge in [-0.2, -0.15) is 0 Å². The molecule has 3 atom stereocenters. The molecule has 11 heteroatoms. The van der Waals surface area contributed by atoms with Crippen LogP contribution in [0.15, 0.2) is 24.3 Å². The van der Waals surface area contributed by atoms with Gasteiger partial charge in [-0.25, -0.2) is 4.57 Å². The van der Waals surface area contributed by atoms with E-state index in [1.807, 2.05) is 0 Å². The van der Waals surface area contributed by atoms with E-state index < -0.39 is 51.8 Å².